The van der Waals surface area contributed by atoms with Crippen LogP contribution >= 0.6 is 15.9 Å². The topological polar surface area (TPSA) is 101 Å². The monoisotopic (exact) mass is 679 g/mol. The SMILES string of the molecule is C[C@H](/C=C/CC(=O)N1CCC[C@H]1CO)[C@@]1(O)C(=O)N(Cc2ccc(N3C(=O)c4cccc5cccc3c45)cc2)c2ccc(Br)cc21. The third kappa shape index (κ3) is 4.85. The van der Waals surface area contributed by atoms with Crippen molar-refractivity contribution in [3.05, 3.63) is 112 Å². The molecule has 2 N–H and O–H groups in total. The van der Waals surface area contributed by atoms with E-state index >= 15 is 0 Å². The number of likely N-dealkylation sites (tertiary alicyclic amines) is 1. The Morgan fingerprint density at radius 1 is 1.04 bits per heavy atom. The summed E-state index contributed by atoms with van der Waals surface area (Å²) in [4.78, 5) is 45.3. The lowest BCUT2D eigenvalue weighted by Gasteiger charge is -2.28. The van der Waals surface area contributed by atoms with Crippen molar-refractivity contribution < 1.29 is 24.6 Å². The van der Waals surface area contributed by atoms with Crippen molar-refractivity contribution in [2.24, 2.45) is 5.92 Å². The molecule has 0 saturated carbocycles. The summed E-state index contributed by atoms with van der Waals surface area (Å²) in [6.07, 6.45) is 5.24. The van der Waals surface area contributed by atoms with E-state index in [-0.39, 0.29) is 37.4 Å². The van der Waals surface area contributed by atoms with Gasteiger partial charge in [0.25, 0.3) is 11.8 Å². The molecule has 3 amide bonds. The summed E-state index contributed by atoms with van der Waals surface area (Å²) >= 11 is 3.50. The Hall–Kier alpha value is -4.31. The number of rotatable bonds is 8. The van der Waals surface area contributed by atoms with Crippen molar-refractivity contribution in [1.82, 2.24) is 4.90 Å². The van der Waals surface area contributed by atoms with E-state index in [1.165, 1.54) is 0 Å². The maximum absolute atomic E-state index is 14.1. The quantitative estimate of drug-likeness (QED) is 0.216. The molecule has 7 rings (SSSR count). The van der Waals surface area contributed by atoms with Crippen molar-refractivity contribution in [1.29, 1.82) is 0 Å². The molecule has 3 atom stereocenters. The Kier molecular flexibility index (Phi) is 7.79. The first kappa shape index (κ1) is 30.3. The van der Waals surface area contributed by atoms with Gasteiger partial charge in [0.2, 0.25) is 5.91 Å². The van der Waals surface area contributed by atoms with E-state index in [1.807, 2.05) is 72.8 Å². The normalized spacial score (nSPS) is 21.2. The molecule has 9 heteroatoms. The second kappa shape index (κ2) is 11.8. The summed E-state index contributed by atoms with van der Waals surface area (Å²) in [6.45, 7) is 2.59. The number of halogens is 1. The van der Waals surface area contributed by atoms with Crippen LogP contribution in [-0.4, -0.2) is 52.0 Å². The number of hydrogen-bond acceptors (Lipinski definition) is 5. The minimum Gasteiger partial charge on any atom is -0.394 e. The molecular weight excluding hydrogens is 646 g/mol. The number of aliphatic hydroxyl groups is 2. The van der Waals surface area contributed by atoms with Gasteiger partial charge in [-0.05, 0) is 66.3 Å². The molecule has 1 fully saturated rings. The van der Waals surface area contributed by atoms with Crippen molar-refractivity contribution in [3.8, 4) is 0 Å². The number of amides is 3. The lowest BCUT2D eigenvalue weighted by Crippen LogP contribution is -2.44. The Bertz CT molecular complexity index is 1900. The highest BCUT2D eigenvalue weighted by atomic mass is 79.9. The summed E-state index contributed by atoms with van der Waals surface area (Å²) in [5.74, 6) is -1.21. The van der Waals surface area contributed by atoms with Crippen LogP contribution in [0.1, 0.15) is 47.7 Å². The largest absolute Gasteiger partial charge is 0.394 e. The molecule has 4 aromatic rings. The van der Waals surface area contributed by atoms with Crippen LogP contribution in [0.5, 0.6) is 0 Å². The first-order valence-electron chi connectivity index (χ1n) is 15.6. The van der Waals surface area contributed by atoms with E-state index in [0.29, 0.717) is 23.4 Å². The number of benzene rings is 4. The van der Waals surface area contributed by atoms with Crippen LogP contribution in [0.4, 0.5) is 17.1 Å². The smallest absolute Gasteiger partial charge is 0.264 e. The van der Waals surface area contributed by atoms with Crippen molar-refractivity contribution in [2.45, 2.75) is 44.4 Å². The molecule has 0 radical (unpaired) electrons. The number of aliphatic hydroxyl groups excluding tert-OH is 1. The van der Waals surface area contributed by atoms with Gasteiger partial charge >= 0.3 is 0 Å². The first-order chi connectivity index (χ1) is 22.2. The molecule has 234 valence electrons. The number of fused-ring (bicyclic) bond motifs is 1. The average molecular weight is 681 g/mol. The van der Waals surface area contributed by atoms with Gasteiger partial charge in [-0.2, -0.15) is 0 Å². The maximum atomic E-state index is 14.1. The molecule has 8 nitrogen and oxygen atoms in total. The summed E-state index contributed by atoms with van der Waals surface area (Å²) < 4.78 is 0.741. The molecule has 0 aromatic heterocycles. The molecular formula is C37H34BrN3O5. The highest BCUT2D eigenvalue weighted by Gasteiger charge is 2.52. The highest BCUT2D eigenvalue weighted by Crippen LogP contribution is 2.47. The minimum absolute atomic E-state index is 0.0501. The summed E-state index contributed by atoms with van der Waals surface area (Å²) in [6, 6.07) is 24.5. The van der Waals surface area contributed by atoms with E-state index < -0.39 is 17.4 Å². The molecule has 3 aliphatic heterocycles. The van der Waals surface area contributed by atoms with Crippen molar-refractivity contribution >= 4 is 61.5 Å². The molecule has 3 aliphatic rings. The zero-order chi connectivity index (χ0) is 32.2. The van der Waals surface area contributed by atoms with E-state index in [4.69, 9.17) is 0 Å². The molecule has 0 aliphatic carbocycles. The van der Waals surface area contributed by atoms with Crippen LogP contribution in [0.3, 0.4) is 0 Å². The molecule has 4 aromatic carbocycles. The zero-order valence-electron chi connectivity index (χ0n) is 25.4. The van der Waals surface area contributed by atoms with Crippen LogP contribution in [0.25, 0.3) is 10.8 Å². The lowest BCUT2D eigenvalue weighted by molar-refractivity contribution is -0.139. The number of nitrogens with zero attached hydrogens (tertiary/aromatic N) is 3. The third-order valence-electron chi connectivity index (χ3n) is 9.61. The number of anilines is 3. The van der Waals surface area contributed by atoms with Gasteiger partial charge in [0.15, 0.2) is 5.60 Å². The molecule has 46 heavy (non-hydrogen) atoms. The minimum atomic E-state index is -1.83. The number of hydrogen-bond donors (Lipinski definition) is 2. The fraction of sp³-hybridized carbons (Fsp3) is 0.270. The van der Waals surface area contributed by atoms with Gasteiger partial charge in [-0.1, -0.05) is 71.4 Å². The Labute approximate surface area is 275 Å². The van der Waals surface area contributed by atoms with Crippen LogP contribution in [0.15, 0.2) is 95.5 Å². The van der Waals surface area contributed by atoms with Gasteiger partial charge in [0.05, 0.1) is 36.1 Å². The second-order valence-corrected chi connectivity index (χ2v) is 13.2. The van der Waals surface area contributed by atoms with Crippen LogP contribution in [-0.2, 0) is 21.7 Å². The summed E-state index contributed by atoms with van der Waals surface area (Å²) in [5.41, 5.74) is 2.40. The molecule has 1 saturated heterocycles. The van der Waals surface area contributed by atoms with E-state index in [0.717, 1.165) is 45.0 Å². The lowest BCUT2D eigenvalue weighted by atomic mass is 9.83. The van der Waals surface area contributed by atoms with Gasteiger partial charge in [-0.3, -0.25) is 19.3 Å². The van der Waals surface area contributed by atoms with Gasteiger partial charge < -0.3 is 20.0 Å². The molecule has 0 unspecified atom stereocenters. The standard InChI is InChI=1S/C37H34BrN3O5/c1-23(6-2-12-33(43)39-19-5-9-28(39)22-42)37(46)30-20-26(38)15-18-31(30)40(36(37)45)21-24-13-16-27(17-14-24)41-32-11-4-8-25-7-3-10-29(34(25)32)35(41)44/h2-4,6-8,10-11,13-18,20,23,28,42,46H,5,9,12,19,21-22H2,1H3/b6-2+/t23-,28+,37+/m1/s1. The van der Waals surface area contributed by atoms with E-state index in [2.05, 4.69) is 15.9 Å². The van der Waals surface area contributed by atoms with Crippen LogP contribution in [0, 0.1) is 5.92 Å². The highest BCUT2D eigenvalue weighted by molar-refractivity contribution is 9.10. The summed E-state index contributed by atoms with van der Waals surface area (Å²) in [7, 11) is 0. The Balaban J connectivity index is 1.11. The fourth-order valence-electron chi connectivity index (χ4n) is 7.16. The van der Waals surface area contributed by atoms with Crippen molar-refractivity contribution in [3.63, 3.8) is 0 Å². The van der Waals surface area contributed by atoms with Gasteiger partial charge in [-0.25, -0.2) is 0 Å². The van der Waals surface area contributed by atoms with Gasteiger partial charge in [0.1, 0.15) is 0 Å². The van der Waals surface area contributed by atoms with Crippen molar-refractivity contribution in [2.75, 3.05) is 23.0 Å². The summed E-state index contributed by atoms with van der Waals surface area (Å²) in [5, 5.41) is 23.6. The van der Waals surface area contributed by atoms with E-state index in [1.54, 1.807) is 39.8 Å². The first-order valence-corrected chi connectivity index (χ1v) is 16.4. The predicted molar refractivity (Wildman–Crippen MR) is 181 cm³/mol. The van der Waals surface area contributed by atoms with Crippen LogP contribution in [0.2, 0.25) is 0 Å². The predicted octanol–water partition coefficient (Wildman–Crippen LogP) is 6.19. The average Bonchev–Trinajstić information content (AvgIpc) is 3.72. The second-order valence-electron chi connectivity index (χ2n) is 12.3. The Morgan fingerprint density at radius 2 is 1.80 bits per heavy atom. The number of carbonyl (C=O) groups excluding carboxylic acids is 3. The third-order valence-corrected chi connectivity index (χ3v) is 10.1. The van der Waals surface area contributed by atoms with E-state index in [9.17, 15) is 24.6 Å². The molecule has 0 bridgehead atoms. The Morgan fingerprint density at radius 3 is 2.57 bits per heavy atom. The van der Waals surface area contributed by atoms with Crippen LogP contribution < -0.4 is 9.80 Å². The maximum Gasteiger partial charge on any atom is 0.264 e. The molecule has 0 spiro atoms. The molecule has 3 heterocycles. The zero-order valence-corrected chi connectivity index (χ0v) is 27.0. The number of carbonyl (C=O) groups is 3. The fourth-order valence-corrected chi connectivity index (χ4v) is 7.53. The van der Waals surface area contributed by atoms with Gasteiger partial charge in [0, 0.05) is 40.0 Å². The van der Waals surface area contributed by atoms with Gasteiger partial charge in [-0.15, -0.1) is 0 Å².